The van der Waals surface area contributed by atoms with Crippen LogP contribution < -0.4 is 5.32 Å². The van der Waals surface area contributed by atoms with E-state index in [4.69, 9.17) is 0 Å². The second-order valence-electron chi connectivity index (χ2n) is 8.84. The smallest absolute Gasteiger partial charge is 0.317 e. The first-order valence-electron chi connectivity index (χ1n) is 10.7. The molecule has 0 bridgehead atoms. The Balaban J connectivity index is 1.44. The molecule has 1 aromatic rings. The number of hydrogen-bond acceptors (Lipinski definition) is 3. The van der Waals surface area contributed by atoms with Gasteiger partial charge < -0.3 is 15.1 Å². The molecular formula is C21H35N5O2. The van der Waals surface area contributed by atoms with E-state index in [2.05, 4.69) is 36.3 Å². The number of aromatic amines is 1. The summed E-state index contributed by atoms with van der Waals surface area (Å²) < 4.78 is 0. The van der Waals surface area contributed by atoms with Gasteiger partial charge in [0.05, 0.1) is 6.20 Å². The minimum Gasteiger partial charge on any atom is -0.343 e. The second-order valence-corrected chi connectivity index (χ2v) is 8.84. The molecule has 28 heavy (non-hydrogen) atoms. The molecule has 0 aliphatic carbocycles. The number of nitrogens with zero attached hydrogens (tertiary/aromatic N) is 3. The average Bonchev–Trinajstić information content (AvgIpc) is 3.12. The lowest BCUT2D eigenvalue weighted by Crippen LogP contribution is -2.47. The standard InChI is InChI=1S/C21H35N5O2/c1-15(2)12-22-21(28)26-8-4-5-17(14-26)11-20(27)25-9-6-18(7-10-25)19-13-23-24-16(19)3/h13,15,17-18H,4-12,14H2,1-3H3,(H,22,28)(H,23,24)/t17-/m1/s1. The number of nitrogens with one attached hydrogen (secondary N) is 2. The summed E-state index contributed by atoms with van der Waals surface area (Å²) in [5, 5.41) is 10.1. The van der Waals surface area contributed by atoms with Gasteiger partial charge in [-0.25, -0.2) is 4.79 Å². The van der Waals surface area contributed by atoms with Gasteiger partial charge >= 0.3 is 6.03 Å². The van der Waals surface area contributed by atoms with E-state index >= 15 is 0 Å². The molecule has 7 nitrogen and oxygen atoms in total. The molecule has 0 saturated carbocycles. The lowest BCUT2D eigenvalue weighted by molar-refractivity contribution is -0.133. The van der Waals surface area contributed by atoms with Gasteiger partial charge in [-0.3, -0.25) is 9.89 Å². The van der Waals surface area contributed by atoms with Crippen LogP contribution in [0.1, 0.15) is 63.1 Å². The Bertz CT molecular complexity index is 664. The molecule has 0 spiro atoms. The summed E-state index contributed by atoms with van der Waals surface area (Å²) in [5.74, 6) is 1.47. The van der Waals surface area contributed by atoms with E-state index in [1.165, 1.54) is 5.56 Å². The summed E-state index contributed by atoms with van der Waals surface area (Å²) in [6, 6.07) is 0.0159. The molecule has 3 rings (SSSR count). The predicted molar refractivity (Wildman–Crippen MR) is 109 cm³/mol. The maximum Gasteiger partial charge on any atom is 0.317 e. The SMILES string of the molecule is Cc1[nH]ncc1C1CCN(C(=O)C[C@H]2CCCN(C(=O)NCC(C)C)C2)CC1. The Labute approximate surface area is 168 Å². The van der Waals surface area contributed by atoms with Crippen molar-refractivity contribution in [3.63, 3.8) is 0 Å². The summed E-state index contributed by atoms with van der Waals surface area (Å²) in [4.78, 5) is 29.0. The molecule has 2 N–H and O–H groups in total. The van der Waals surface area contributed by atoms with Crippen molar-refractivity contribution < 1.29 is 9.59 Å². The minimum atomic E-state index is 0.0159. The summed E-state index contributed by atoms with van der Waals surface area (Å²) >= 11 is 0. The molecule has 3 amide bonds. The summed E-state index contributed by atoms with van der Waals surface area (Å²) in [7, 11) is 0. The van der Waals surface area contributed by atoms with Crippen LogP contribution >= 0.6 is 0 Å². The number of rotatable bonds is 5. The van der Waals surface area contributed by atoms with Crippen molar-refractivity contribution in [2.45, 2.75) is 58.8 Å². The van der Waals surface area contributed by atoms with Crippen LogP contribution in [0.3, 0.4) is 0 Å². The van der Waals surface area contributed by atoms with Crippen molar-refractivity contribution in [1.82, 2.24) is 25.3 Å². The zero-order valence-electron chi connectivity index (χ0n) is 17.5. The molecule has 2 aliphatic heterocycles. The minimum absolute atomic E-state index is 0.0159. The normalized spacial score (nSPS) is 21.2. The highest BCUT2D eigenvalue weighted by Gasteiger charge is 2.29. The van der Waals surface area contributed by atoms with Gasteiger partial charge in [-0.1, -0.05) is 13.8 Å². The van der Waals surface area contributed by atoms with Crippen LogP contribution in [0.15, 0.2) is 6.20 Å². The maximum absolute atomic E-state index is 12.8. The lowest BCUT2D eigenvalue weighted by atomic mass is 9.89. The van der Waals surface area contributed by atoms with Crippen LogP contribution in [0.5, 0.6) is 0 Å². The molecule has 1 atom stereocenters. The molecule has 2 fully saturated rings. The number of carbonyl (C=O) groups is 2. The fraction of sp³-hybridized carbons (Fsp3) is 0.762. The van der Waals surface area contributed by atoms with Gasteiger partial charge in [-0.05, 0) is 55.9 Å². The molecule has 2 aliphatic rings. The molecule has 0 unspecified atom stereocenters. The van der Waals surface area contributed by atoms with Crippen LogP contribution in [0.25, 0.3) is 0 Å². The third kappa shape index (κ3) is 5.26. The Morgan fingerprint density at radius 1 is 1.21 bits per heavy atom. The number of urea groups is 1. The Hall–Kier alpha value is -2.05. The highest BCUT2D eigenvalue weighted by atomic mass is 16.2. The van der Waals surface area contributed by atoms with Crippen molar-refractivity contribution in [2.24, 2.45) is 11.8 Å². The molecule has 156 valence electrons. The fourth-order valence-electron chi connectivity index (χ4n) is 4.41. The second kappa shape index (κ2) is 9.43. The van der Waals surface area contributed by atoms with Gasteiger partial charge in [0.25, 0.3) is 0 Å². The third-order valence-corrected chi connectivity index (χ3v) is 6.09. The molecule has 7 heteroatoms. The van der Waals surface area contributed by atoms with E-state index in [0.717, 1.165) is 51.0 Å². The summed E-state index contributed by atoms with van der Waals surface area (Å²) in [5.41, 5.74) is 2.44. The zero-order chi connectivity index (χ0) is 20.1. The van der Waals surface area contributed by atoms with Gasteiger partial charge in [0.1, 0.15) is 0 Å². The molecule has 0 aromatic carbocycles. The number of aryl methyl sites for hydroxylation is 1. The van der Waals surface area contributed by atoms with Crippen molar-refractivity contribution in [3.05, 3.63) is 17.5 Å². The van der Waals surface area contributed by atoms with Gasteiger partial charge in [0.15, 0.2) is 0 Å². The van der Waals surface area contributed by atoms with E-state index in [0.29, 0.717) is 31.3 Å². The number of piperidine rings is 2. The Morgan fingerprint density at radius 2 is 1.96 bits per heavy atom. The summed E-state index contributed by atoms with van der Waals surface area (Å²) in [6.45, 7) is 10.1. The lowest BCUT2D eigenvalue weighted by Gasteiger charge is -2.36. The number of hydrogen-bond donors (Lipinski definition) is 2. The first kappa shape index (κ1) is 20.7. The van der Waals surface area contributed by atoms with E-state index in [9.17, 15) is 9.59 Å². The first-order chi connectivity index (χ1) is 13.4. The molecule has 3 heterocycles. The predicted octanol–water partition coefficient (Wildman–Crippen LogP) is 2.89. The molecule has 0 radical (unpaired) electrons. The van der Waals surface area contributed by atoms with Gasteiger partial charge in [0, 0.05) is 44.8 Å². The number of likely N-dealkylation sites (tertiary alicyclic amines) is 2. The molecule has 2 saturated heterocycles. The number of aromatic nitrogens is 2. The maximum atomic E-state index is 12.8. The van der Waals surface area contributed by atoms with Gasteiger partial charge in [-0.15, -0.1) is 0 Å². The van der Waals surface area contributed by atoms with Gasteiger partial charge in [0.2, 0.25) is 5.91 Å². The topological polar surface area (TPSA) is 81.3 Å². The highest BCUT2D eigenvalue weighted by Crippen LogP contribution is 2.30. The molecule has 1 aromatic heterocycles. The van der Waals surface area contributed by atoms with Crippen molar-refractivity contribution in [3.8, 4) is 0 Å². The number of amides is 3. The van der Waals surface area contributed by atoms with Crippen LogP contribution in [-0.4, -0.2) is 64.7 Å². The van der Waals surface area contributed by atoms with Crippen molar-refractivity contribution >= 4 is 11.9 Å². The Morgan fingerprint density at radius 3 is 2.61 bits per heavy atom. The van der Waals surface area contributed by atoms with Crippen LogP contribution in [0.2, 0.25) is 0 Å². The van der Waals surface area contributed by atoms with Gasteiger partial charge in [-0.2, -0.15) is 5.10 Å². The largest absolute Gasteiger partial charge is 0.343 e. The highest BCUT2D eigenvalue weighted by molar-refractivity contribution is 5.77. The van der Waals surface area contributed by atoms with Crippen molar-refractivity contribution in [1.29, 1.82) is 0 Å². The first-order valence-corrected chi connectivity index (χ1v) is 10.7. The van der Waals surface area contributed by atoms with E-state index in [1.54, 1.807) is 0 Å². The Kier molecular flexibility index (Phi) is 6.97. The van der Waals surface area contributed by atoms with Crippen LogP contribution in [-0.2, 0) is 4.79 Å². The third-order valence-electron chi connectivity index (χ3n) is 6.09. The van der Waals surface area contributed by atoms with Crippen molar-refractivity contribution in [2.75, 3.05) is 32.7 Å². The van der Waals surface area contributed by atoms with E-state index in [-0.39, 0.29) is 17.9 Å². The number of H-pyrrole nitrogens is 1. The van der Waals surface area contributed by atoms with E-state index < -0.39 is 0 Å². The van der Waals surface area contributed by atoms with E-state index in [1.807, 2.05) is 16.0 Å². The van der Waals surface area contributed by atoms with Crippen LogP contribution in [0.4, 0.5) is 4.79 Å². The fourth-order valence-corrected chi connectivity index (χ4v) is 4.41. The monoisotopic (exact) mass is 389 g/mol. The zero-order valence-corrected chi connectivity index (χ0v) is 17.5. The summed E-state index contributed by atoms with van der Waals surface area (Å²) in [6.07, 6.45) is 6.50. The molecular weight excluding hydrogens is 354 g/mol. The quantitative estimate of drug-likeness (QED) is 0.812. The number of carbonyl (C=O) groups excluding carboxylic acids is 2. The average molecular weight is 390 g/mol. The van der Waals surface area contributed by atoms with Crippen LogP contribution in [0, 0.1) is 18.8 Å².